The molecule has 0 aromatic heterocycles. The molecular formula is C21H21NO4. The molecule has 0 fully saturated rings. The maximum Gasteiger partial charge on any atom is 0.306 e. The molecule has 3 rings (SSSR count). The van der Waals surface area contributed by atoms with Gasteiger partial charge in [-0.3, -0.25) is 14.4 Å². The summed E-state index contributed by atoms with van der Waals surface area (Å²) in [6, 6.07) is 13.2. The normalized spacial score (nSPS) is 13.0. The topological polar surface area (TPSA) is 63.7 Å². The number of para-hydroxylation sites is 1. The smallest absolute Gasteiger partial charge is 0.306 e. The fraction of sp³-hybridized carbons (Fsp3) is 0.286. The first kappa shape index (κ1) is 17.9. The Morgan fingerprint density at radius 3 is 2.42 bits per heavy atom. The quantitative estimate of drug-likeness (QED) is 0.429. The highest BCUT2D eigenvalue weighted by atomic mass is 16.5. The number of anilines is 1. The number of ketones is 1. The Morgan fingerprint density at radius 1 is 0.962 bits per heavy atom. The van der Waals surface area contributed by atoms with Crippen molar-refractivity contribution in [2.45, 2.75) is 32.6 Å². The Bertz CT molecular complexity index is 826. The van der Waals surface area contributed by atoms with Gasteiger partial charge in [0.2, 0.25) is 0 Å². The van der Waals surface area contributed by atoms with Gasteiger partial charge in [-0.25, -0.2) is 4.90 Å². The van der Waals surface area contributed by atoms with E-state index in [1.54, 1.807) is 48.5 Å². The van der Waals surface area contributed by atoms with Crippen molar-refractivity contribution in [1.29, 1.82) is 0 Å². The van der Waals surface area contributed by atoms with Gasteiger partial charge in [-0.15, -0.1) is 0 Å². The van der Waals surface area contributed by atoms with E-state index in [0.29, 0.717) is 23.6 Å². The maximum absolute atomic E-state index is 12.7. The van der Waals surface area contributed by atoms with Gasteiger partial charge in [0.15, 0.2) is 0 Å². The summed E-state index contributed by atoms with van der Waals surface area (Å²) in [6.45, 7) is 2.80. The summed E-state index contributed by atoms with van der Waals surface area (Å²) in [5.41, 5.74) is 0.933. The first-order valence-electron chi connectivity index (χ1n) is 8.88. The number of rotatable bonds is 7. The summed E-state index contributed by atoms with van der Waals surface area (Å²) in [6.07, 6.45) is 4.51. The van der Waals surface area contributed by atoms with Crippen LogP contribution in [-0.2, 0) is 4.79 Å². The highest BCUT2D eigenvalue weighted by Crippen LogP contribution is 2.30. The molecule has 0 saturated heterocycles. The second-order valence-corrected chi connectivity index (χ2v) is 6.23. The maximum atomic E-state index is 12.7. The molecule has 0 N–H and O–H groups in total. The van der Waals surface area contributed by atoms with Crippen molar-refractivity contribution in [3.05, 3.63) is 59.7 Å². The summed E-state index contributed by atoms with van der Waals surface area (Å²) in [7, 11) is 0. The van der Waals surface area contributed by atoms with Gasteiger partial charge in [-0.1, -0.05) is 38.3 Å². The average molecular weight is 351 g/mol. The van der Waals surface area contributed by atoms with Crippen LogP contribution in [0, 0.1) is 0 Å². The zero-order valence-corrected chi connectivity index (χ0v) is 14.7. The molecule has 134 valence electrons. The van der Waals surface area contributed by atoms with Crippen LogP contribution in [0.25, 0.3) is 0 Å². The molecule has 1 aliphatic rings. The molecule has 0 unspecified atom stereocenters. The Kier molecular flexibility index (Phi) is 5.46. The average Bonchev–Trinajstić information content (AvgIpc) is 2.92. The zero-order valence-electron chi connectivity index (χ0n) is 14.7. The molecule has 0 radical (unpaired) electrons. The molecular weight excluding hydrogens is 330 g/mol. The van der Waals surface area contributed by atoms with Gasteiger partial charge >= 0.3 is 5.91 Å². The zero-order chi connectivity index (χ0) is 18.5. The Labute approximate surface area is 152 Å². The third-order valence-corrected chi connectivity index (χ3v) is 4.36. The minimum Gasteiger partial charge on any atom is -0.494 e. The van der Waals surface area contributed by atoms with Crippen LogP contribution in [-0.4, -0.2) is 24.2 Å². The number of fused-ring (bicyclic) bond motifs is 1. The van der Waals surface area contributed by atoms with E-state index < -0.39 is 17.6 Å². The van der Waals surface area contributed by atoms with Crippen LogP contribution >= 0.6 is 0 Å². The molecule has 0 saturated carbocycles. The molecule has 0 spiro atoms. The SMILES string of the molecule is CCCCCCOc1ccc(C(=O)N2C(=O)C(=O)c3ccccc32)cc1. The van der Waals surface area contributed by atoms with Crippen LogP contribution < -0.4 is 9.64 Å². The largest absolute Gasteiger partial charge is 0.494 e. The minimum absolute atomic E-state index is 0.262. The number of imide groups is 1. The highest BCUT2D eigenvalue weighted by Gasteiger charge is 2.39. The molecule has 0 atom stereocenters. The summed E-state index contributed by atoms with van der Waals surface area (Å²) in [4.78, 5) is 37.9. The summed E-state index contributed by atoms with van der Waals surface area (Å²) >= 11 is 0. The minimum atomic E-state index is -0.813. The van der Waals surface area contributed by atoms with Crippen molar-refractivity contribution in [2.24, 2.45) is 0 Å². The lowest BCUT2D eigenvalue weighted by Crippen LogP contribution is -2.35. The van der Waals surface area contributed by atoms with Crippen LogP contribution in [0.3, 0.4) is 0 Å². The van der Waals surface area contributed by atoms with E-state index in [9.17, 15) is 14.4 Å². The second-order valence-electron chi connectivity index (χ2n) is 6.23. The molecule has 2 amide bonds. The van der Waals surface area contributed by atoms with E-state index in [0.717, 1.165) is 17.7 Å². The summed E-state index contributed by atoms with van der Waals surface area (Å²) in [5.74, 6) is -1.29. The standard InChI is InChI=1S/C21H21NO4/c1-2-3-4-7-14-26-16-12-10-15(11-13-16)20(24)22-18-9-6-5-8-17(18)19(23)21(22)25/h5-6,8-13H,2-4,7,14H2,1H3. The van der Waals surface area contributed by atoms with Crippen molar-refractivity contribution in [2.75, 3.05) is 11.5 Å². The van der Waals surface area contributed by atoms with Gasteiger partial charge in [0.1, 0.15) is 5.75 Å². The van der Waals surface area contributed by atoms with Crippen LogP contribution in [0.4, 0.5) is 5.69 Å². The highest BCUT2D eigenvalue weighted by molar-refractivity contribution is 6.57. The lowest BCUT2D eigenvalue weighted by molar-refractivity contribution is -0.113. The number of amides is 2. The van der Waals surface area contributed by atoms with Gasteiger partial charge in [-0.05, 0) is 42.8 Å². The summed E-state index contributed by atoms with van der Waals surface area (Å²) < 4.78 is 5.66. The molecule has 5 heteroatoms. The number of Topliss-reactive ketones (excluding diaryl/α,β-unsaturated/α-hetero) is 1. The molecule has 2 aromatic rings. The van der Waals surface area contributed by atoms with E-state index in [2.05, 4.69) is 6.92 Å². The number of ether oxygens (including phenoxy) is 1. The van der Waals surface area contributed by atoms with Crippen molar-refractivity contribution >= 4 is 23.3 Å². The molecule has 5 nitrogen and oxygen atoms in total. The lowest BCUT2D eigenvalue weighted by atomic mass is 10.1. The Morgan fingerprint density at radius 2 is 1.69 bits per heavy atom. The van der Waals surface area contributed by atoms with Crippen molar-refractivity contribution in [3.8, 4) is 5.75 Å². The van der Waals surface area contributed by atoms with Crippen molar-refractivity contribution < 1.29 is 19.1 Å². The number of nitrogens with zero attached hydrogens (tertiary/aromatic N) is 1. The predicted octanol–water partition coefficient (Wildman–Crippen LogP) is 4.02. The third-order valence-electron chi connectivity index (χ3n) is 4.36. The van der Waals surface area contributed by atoms with Gasteiger partial charge in [0.25, 0.3) is 11.7 Å². The first-order chi connectivity index (χ1) is 12.6. The lowest BCUT2D eigenvalue weighted by Gasteiger charge is -2.15. The number of carbonyl (C=O) groups excluding carboxylic acids is 3. The number of benzene rings is 2. The number of hydrogen-bond acceptors (Lipinski definition) is 4. The van der Waals surface area contributed by atoms with Gasteiger partial charge in [0, 0.05) is 5.56 Å². The van der Waals surface area contributed by atoms with E-state index >= 15 is 0 Å². The Balaban J connectivity index is 1.69. The van der Waals surface area contributed by atoms with Gasteiger partial charge < -0.3 is 4.74 Å². The van der Waals surface area contributed by atoms with Crippen molar-refractivity contribution in [1.82, 2.24) is 0 Å². The van der Waals surface area contributed by atoms with Crippen LogP contribution in [0.1, 0.15) is 53.3 Å². The number of hydrogen-bond donors (Lipinski definition) is 0. The second kappa shape index (κ2) is 7.95. The van der Waals surface area contributed by atoms with E-state index in [4.69, 9.17) is 4.74 Å². The van der Waals surface area contributed by atoms with Crippen LogP contribution in [0.5, 0.6) is 5.75 Å². The fourth-order valence-corrected chi connectivity index (χ4v) is 2.93. The third kappa shape index (κ3) is 3.52. The molecule has 26 heavy (non-hydrogen) atoms. The molecule has 2 aromatic carbocycles. The van der Waals surface area contributed by atoms with E-state index in [-0.39, 0.29) is 5.56 Å². The first-order valence-corrected chi connectivity index (χ1v) is 8.88. The van der Waals surface area contributed by atoms with Crippen LogP contribution in [0.2, 0.25) is 0 Å². The monoisotopic (exact) mass is 351 g/mol. The van der Waals surface area contributed by atoms with Crippen molar-refractivity contribution in [3.63, 3.8) is 0 Å². The molecule has 1 heterocycles. The molecule has 1 aliphatic heterocycles. The molecule has 0 aliphatic carbocycles. The Hall–Kier alpha value is -2.95. The van der Waals surface area contributed by atoms with E-state index in [1.165, 1.54) is 12.8 Å². The predicted molar refractivity (Wildman–Crippen MR) is 98.7 cm³/mol. The summed E-state index contributed by atoms with van der Waals surface area (Å²) in [5, 5.41) is 0. The molecule has 0 bridgehead atoms. The van der Waals surface area contributed by atoms with Gasteiger partial charge in [-0.2, -0.15) is 0 Å². The number of carbonyl (C=O) groups is 3. The van der Waals surface area contributed by atoms with E-state index in [1.807, 2.05) is 0 Å². The number of unbranched alkanes of at least 4 members (excludes halogenated alkanes) is 3. The fourth-order valence-electron chi connectivity index (χ4n) is 2.93. The van der Waals surface area contributed by atoms with Gasteiger partial charge in [0.05, 0.1) is 17.9 Å². The van der Waals surface area contributed by atoms with Crippen LogP contribution in [0.15, 0.2) is 48.5 Å².